The first kappa shape index (κ1) is 24.5. The van der Waals surface area contributed by atoms with Crippen LogP contribution in [0.4, 0.5) is 26.3 Å². The van der Waals surface area contributed by atoms with Gasteiger partial charge in [0.2, 0.25) is 5.91 Å². The molecule has 0 spiro atoms. The summed E-state index contributed by atoms with van der Waals surface area (Å²) in [6, 6.07) is 0. The highest BCUT2D eigenvalue weighted by Gasteiger charge is 2.42. The number of carbonyl (C=O) groups is 1. The van der Waals surface area contributed by atoms with Gasteiger partial charge in [-0.25, -0.2) is 4.98 Å². The van der Waals surface area contributed by atoms with Crippen molar-refractivity contribution in [1.29, 1.82) is 0 Å². The quantitative estimate of drug-likeness (QED) is 0.526. The zero-order valence-electron chi connectivity index (χ0n) is 16.9. The lowest BCUT2D eigenvalue weighted by molar-refractivity contribution is -0.357. The molecule has 7 nitrogen and oxygen atoms in total. The van der Waals surface area contributed by atoms with Crippen LogP contribution in [0.3, 0.4) is 0 Å². The number of imidazole rings is 1. The number of nitrogens with zero attached hydrogens (tertiary/aromatic N) is 2. The van der Waals surface area contributed by atoms with Crippen molar-refractivity contribution in [2.24, 2.45) is 0 Å². The molecular formula is C19H23F6N3O4. The molecule has 1 aromatic heterocycles. The largest absolute Gasteiger partial charge is 0.522 e. The summed E-state index contributed by atoms with van der Waals surface area (Å²) in [6.07, 6.45) is -7.23. The summed E-state index contributed by atoms with van der Waals surface area (Å²) < 4.78 is 87.5. The van der Waals surface area contributed by atoms with Crippen LogP contribution >= 0.6 is 0 Å². The van der Waals surface area contributed by atoms with Gasteiger partial charge < -0.3 is 14.6 Å². The Morgan fingerprint density at radius 3 is 2.25 bits per heavy atom. The molecule has 2 aliphatic rings. The third-order valence-electron chi connectivity index (χ3n) is 5.26. The Labute approximate surface area is 179 Å². The number of hydrogen-bond acceptors (Lipinski definition) is 5. The van der Waals surface area contributed by atoms with Crippen LogP contribution in [0.1, 0.15) is 43.7 Å². The van der Waals surface area contributed by atoms with Crippen LogP contribution in [0.25, 0.3) is 0 Å². The number of amides is 1. The van der Waals surface area contributed by atoms with E-state index in [2.05, 4.69) is 26.4 Å². The lowest BCUT2D eigenvalue weighted by atomic mass is 9.80. The highest BCUT2D eigenvalue weighted by Crippen LogP contribution is 2.40. The van der Waals surface area contributed by atoms with E-state index in [1.165, 1.54) is 0 Å². The zero-order valence-corrected chi connectivity index (χ0v) is 16.9. The number of hydrogen-bond donors (Lipinski definition) is 1. The number of aryl methyl sites for hydroxylation is 1. The summed E-state index contributed by atoms with van der Waals surface area (Å²) in [4.78, 5) is 16.1. The van der Waals surface area contributed by atoms with E-state index in [-0.39, 0.29) is 38.2 Å². The molecule has 13 heteroatoms. The van der Waals surface area contributed by atoms with Crippen molar-refractivity contribution < 1.29 is 45.3 Å². The number of rotatable bonds is 10. The Morgan fingerprint density at radius 2 is 1.66 bits per heavy atom. The second-order valence-corrected chi connectivity index (χ2v) is 7.88. The highest BCUT2D eigenvalue weighted by atomic mass is 19.4. The van der Waals surface area contributed by atoms with E-state index in [0.717, 1.165) is 0 Å². The maximum absolute atomic E-state index is 12.2. The van der Waals surface area contributed by atoms with Crippen LogP contribution in [0.2, 0.25) is 0 Å². The van der Waals surface area contributed by atoms with Crippen LogP contribution < -0.4 is 5.32 Å². The van der Waals surface area contributed by atoms with Gasteiger partial charge in [0, 0.05) is 43.6 Å². The van der Waals surface area contributed by atoms with E-state index in [0.29, 0.717) is 24.4 Å². The Balaban J connectivity index is 1.28. The molecule has 0 bridgehead atoms. The van der Waals surface area contributed by atoms with E-state index >= 15 is 0 Å². The van der Waals surface area contributed by atoms with Crippen molar-refractivity contribution in [3.05, 3.63) is 30.5 Å². The molecule has 1 N–H and O–H groups in total. The number of alkyl halides is 6. The molecule has 2 fully saturated rings. The zero-order chi connectivity index (χ0) is 23.5. The molecule has 2 aliphatic carbocycles. The van der Waals surface area contributed by atoms with E-state index in [1.807, 2.05) is 0 Å². The van der Waals surface area contributed by atoms with Gasteiger partial charge in [0.25, 0.3) is 0 Å². The van der Waals surface area contributed by atoms with Crippen LogP contribution in [-0.2, 0) is 25.5 Å². The van der Waals surface area contributed by atoms with Crippen molar-refractivity contribution >= 4 is 5.91 Å². The SMILES string of the molecule is C=C(CCn1cnc([C@H]2C[C@@H](OC(F)(F)F)C2)c1)NC(=O)CO[C@H]1C[C@@H](OC(F)(F)F)C1. The fraction of sp³-hybridized carbons (Fsp3) is 0.684. The number of ether oxygens (including phenoxy) is 3. The molecule has 2 saturated carbocycles. The Kier molecular flexibility index (Phi) is 7.50. The summed E-state index contributed by atoms with van der Waals surface area (Å²) in [7, 11) is 0. The van der Waals surface area contributed by atoms with E-state index < -0.39 is 36.9 Å². The third-order valence-corrected chi connectivity index (χ3v) is 5.26. The predicted octanol–water partition coefficient (Wildman–Crippen LogP) is 3.77. The van der Waals surface area contributed by atoms with Crippen LogP contribution in [0.15, 0.2) is 24.8 Å². The number of carbonyl (C=O) groups excluding carboxylic acids is 1. The monoisotopic (exact) mass is 471 g/mol. The Hall–Kier alpha value is -2.12. The van der Waals surface area contributed by atoms with Crippen molar-refractivity contribution in [2.75, 3.05) is 6.61 Å². The highest BCUT2D eigenvalue weighted by molar-refractivity contribution is 5.78. The van der Waals surface area contributed by atoms with Crippen LogP contribution in [0, 0.1) is 0 Å². The first-order valence-corrected chi connectivity index (χ1v) is 9.96. The molecule has 3 rings (SSSR count). The molecule has 0 saturated heterocycles. The van der Waals surface area contributed by atoms with E-state index in [9.17, 15) is 31.1 Å². The molecule has 0 atom stereocenters. The van der Waals surface area contributed by atoms with Gasteiger partial charge >= 0.3 is 12.7 Å². The maximum atomic E-state index is 12.2. The van der Waals surface area contributed by atoms with Gasteiger partial charge in [0.15, 0.2) is 0 Å². The summed E-state index contributed by atoms with van der Waals surface area (Å²) in [5, 5.41) is 2.56. The average molecular weight is 471 g/mol. The second kappa shape index (κ2) is 9.79. The van der Waals surface area contributed by atoms with Crippen molar-refractivity contribution in [2.45, 2.75) is 75.6 Å². The molecule has 1 heterocycles. The summed E-state index contributed by atoms with van der Waals surface area (Å²) in [5.74, 6) is -0.553. The maximum Gasteiger partial charge on any atom is 0.522 e. The summed E-state index contributed by atoms with van der Waals surface area (Å²) >= 11 is 0. The van der Waals surface area contributed by atoms with Crippen molar-refractivity contribution in [3.63, 3.8) is 0 Å². The van der Waals surface area contributed by atoms with E-state index in [4.69, 9.17) is 4.74 Å². The topological polar surface area (TPSA) is 74.6 Å². The number of nitrogens with one attached hydrogen (secondary N) is 1. The first-order valence-electron chi connectivity index (χ1n) is 9.96. The molecule has 1 amide bonds. The molecule has 0 aliphatic heterocycles. The van der Waals surface area contributed by atoms with Gasteiger partial charge in [-0.05, 0) is 12.8 Å². The van der Waals surface area contributed by atoms with Crippen molar-refractivity contribution in [3.8, 4) is 0 Å². The smallest absolute Gasteiger partial charge is 0.368 e. The molecule has 0 radical (unpaired) electrons. The number of allylic oxidation sites excluding steroid dienone is 1. The molecular weight excluding hydrogens is 448 g/mol. The van der Waals surface area contributed by atoms with Gasteiger partial charge in [-0.15, -0.1) is 26.3 Å². The van der Waals surface area contributed by atoms with Crippen molar-refractivity contribution in [1.82, 2.24) is 14.9 Å². The first-order chi connectivity index (χ1) is 14.9. The normalized spacial score (nSPS) is 25.7. The minimum absolute atomic E-state index is 0.0702. The average Bonchev–Trinajstić information content (AvgIpc) is 3.04. The number of aromatic nitrogens is 2. The summed E-state index contributed by atoms with van der Waals surface area (Å²) in [5.41, 5.74) is 1.10. The molecule has 0 aromatic carbocycles. The predicted molar refractivity (Wildman–Crippen MR) is 96.9 cm³/mol. The molecule has 1 aromatic rings. The minimum atomic E-state index is -4.68. The molecule has 32 heavy (non-hydrogen) atoms. The standard InChI is InChI=1S/C19H23F6N3O4/c1-11(27-17(29)9-30-13-6-15(7-13)32-19(23,24)25)2-3-28-8-16(26-10-28)12-4-14(5-12)31-18(20,21)22/h8,10,12-15H,1-7,9H2,(H,27,29)/t12-,13-,14+,15+. The Morgan fingerprint density at radius 1 is 1.06 bits per heavy atom. The van der Waals surface area contributed by atoms with Crippen LogP contribution in [-0.4, -0.2) is 53.1 Å². The lowest BCUT2D eigenvalue weighted by Gasteiger charge is -2.34. The minimum Gasteiger partial charge on any atom is -0.368 e. The fourth-order valence-electron chi connectivity index (χ4n) is 3.49. The van der Waals surface area contributed by atoms with Gasteiger partial charge in [-0.2, -0.15) is 0 Å². The molecule has 180 valence electrons. The van der Waals surface area contributed by atoms with Gasteiger partial charge in [0.05, 0.1) is 30.3 Å². The van der Waals surface area contributed by atoms with E-state index in [1.54, 1.807) is 17.1 Å². The van der Waals surface area contributed by atoms with Gasteiger partial charge in [-0.3, -0.25) is 14.3 Å². The lowest BCUT2D eigenvalue weighted by Crippen LogP contribution is -2.42. The second-order valence-electron chi connectivity index (χ2n) is 7.88. The fourth-order valence-corrected chi connectivity index (χ4v) is 3.49. The van der Waals surface area contributed by atoms with Gasteiger partial charge in [-0.1, -0.05) is 6.58 Å². The Bertz CT molecular complexity index is 798. The third kappa shape index (κ3) is 7.78. The van der Waals surface area contributed by atoms with Gasteiger partial charge in [0.1, 0.15) is 6.61 Å². The number of halogens is 6. The summed E-state index contributed by atoms with van der Waals surface area (Å²) in [6.45, 7) is 3.89. The van der Waals surface area contributed by atoms with Crippen LogP contribution in [0.5, 0.6) is 0 Å². The molecule has 0 unspecified atom stereocenters.